The Labute approximate surface area is 53.5 Å². The zero-order chi connectivity index (χ0) is 5.28. The molecule has 0 nitrogen and oxygen atoms in total. The predicted octanol–water partition coefficient (Wildman–Crippen LogP) is 1.00. The van der Waals surface area contributed by atoms with Crippen molar-refractivity contribution < 1.29 is 0 Å². The summed E-state index contributed by atoms with van der Waals surface area (Å²) in [4.78, 5) is 0. The first kappa shape index (κ1) is 5.47. The van der Waals surface area contributed by atoms with E-state index in [9.17, 15) is 0 Å². The molecular weight excluding hydrogens is 166 g/mol. The molecule has 1 atom stereocenters. The molecule has 1 aromatic heterocycles. The average Bonchev–Trinajstić information content (AvgIpc) is 1.91. The summed E-state index contributed by atoms with van der Waals surface area (Å²) in [5, 5.41) is 0. The average molecular weight is 172 g/mol. The van der Waals surface area contributed by atoms with Gasteiger partial charge in [0.1, 0.15) is 0 Å². The summed E-state index contributed by atoms with van der Waals surface area (Å²) >= 11 is 2.60. The van der Waals surface area contributed by atoms with Crippen LogP contribution in [0.4, 0.5) is 0 Å². The van der Waals surface area contributed by atoms with Gasteiger partial charge in [-0.2, -0.15) is 0 Å². The second-order valence-corrected chi connectivity index (χ2v) is 5.26. The van der Waals surface area contributed by atoms with Crippen molar-refractivity contribution in [2.24, 2.45) is 6.66 Å². The number of hydrogen-bond acceptors (Lipinski definition) is 0. The summed E-state index contributed by atoms with van der Waals surface area (Å²) < 4.78 is 1.47. The van der Waals surface area contributed by atoms with Crippen LogP contribution < -0.4 is 4.08 Å². The van der Waals surface area contributed by atoms with Crippen molar-refractivity contribution in [1.29, 1.82) is 0 Å². The molecule has 2 heteroatoms. The van der Waals surface area contributed by atoms with E-state index in [2.05, 4.69) is 41.4 Å². The fourth-order valence-corrected chi connectivity index (χ4v) is 1.87. The van der Waals surface area contributed by atoms with Crippen LogP contribution in [0.5, 0.6) is 0 Å². The predicted molar refractivity (Wildman–Crippen MR) is 35.5 cm³/mol. The molecule has 0 aliphatic rings. The summed E-state index contributed by atoms with van der Waals surface area (Å²) in [6, 6.07) is 4.28. The van der Waals surface area contributed by atoms with Crippen LogP contribution in [0, 0.1) is 0 Å². The monoisotopic (exact) mass is 172 g/mol. The van der Waals surface area contributed by atoms with E-state index in [4.69, 9.17) is 0 Å². The van der Waals surface area contributed by atoms with Crippen molar-refractivity contribution in [3.8, 4) is 0 Å². The van der Waals surface area contributed by atoms with E-state index in [1.165, 1.54) is 4.08 Å². The van der Waals surface area contributed by atoms with E-state index in [0.29, 0.717) is 0 Å². The van der Waals surface area contributed by atoms with Crippen LogP contribution in [0.1, 0.15) is 0 Å². The molecule has 36 valence electrons. The molecule has 1 heterocycles. The first-order valence-electron chi connectivity index (χ1n) is 2.11. The quantitative estimate of drug-likeness (QED) is 0.512. The molecule has 0 amide bonds. The molecule has 0 fully saturated rings. The van der Waals surface area contributed by atoms with E-state index in [1.807, 2.05) is 0 Å². The van der Waals surface area contributed by atoms with E-state index < -0.39 is 0 Å². The third kappa shape index (κ3) is 1.12. The molecule has 0 saturated carbocycles. The van der Waals surface area contributed by atoms with Crippen LogP contribution in [0.15, 0.2) is 17.9 Å². The molecule has 0 aromatic carbocycles. The van der Waals surface area contributed by atoms with Gasteiger partial charge in [0, 0.05) is 0 Å². The topological polar surface area (TPSA) is 0 Å². The van der Waals surface area contributed by atoms with Crippen LogP contribution in [0.2, 0.25) is 0 Å². The van der Waals surface area contributed by atoms with Crippen molar-refractivity contribution >= 4 is 28.5 Å². The van der Waals surface area contributed by atoms with E-state index >= 15 is 0 Å². The Morgan fingerprint density at radius 1 is 1.71 bits per heavy atom. The fraction of sp³-hybridized carbons (Fsp3) is 0.200. The van der Waals surface area contributed by atoms with Gasteiger partial charge < -0.3 is 0 Å². The van der Waals surface area contributed by atoms with Gasteiger partial charge in [0.2, 0.25) is 0 Å². The minimum atomic E-state index is 0.127. The Morgan fingerprint density at radius 3 is 2.57 bits per heavy atom. The maximum absolute atomic E-state index is 2.60. The third-order valence-electron chi connectivity index (χ3n) is 0.916. The van der Waals surface area contributed by atoms with Gasteiger partial charge in [0.25, 0.3) is 0 Å². The molecule has 0 aliphatic carbocycles. The fourth-order valence-electron chi connectivity index (χ4n) is 0.452. The van der Waals surface area contributed by atoms with E-state index in [1.54, 1.807) is 0 Å². The number of rotatable bonds is 0. The van der Waals surface area contributed by atoms with Gasteiger partial charge in [-0.25, -0.2) is 0 Å². The van der Waals surface area contributed by atoms with Gasteiger partial charge in [0.15, 0.2) is 0 Å². The molecule has 1 aromatic rings. The minimum absolute atomic E-state index is 0.127. The number of hydrogen-bond donors (Lipinski definition) is 0. The zero-order valence-corrected chi connectivity index (χ0v) is 6.90. The third-order valence-corrected chi connectivity index (χ3v) is 4.71. The molecule has 0 aliphatic heterocycles. The van der Waals surface area contributed by atoms with E-state index in [0.717, 1.165) is 0 Å². The SMILES string of the molecule is Cp1cccc1[As]. The standard InChI is InChI=1S/C5H6AsP/c1-7-4-2-3-5(7)6/h2-4H,1H3. The van der Waals surface area contributed by atoms with Gasteiger partial charge in [0.05, 0.1) is 0 Å². The molecule has 2 radical (unpaired) electrons. The Kier molecular flexibility index (Phi) is 1.62. The van der Waals surface area contributed by atoms with Crippen LogP contribution >= 0.6 is 7.53 Å². The van der Waals surface area contributed by atoms with E-state index in [-0.39, 0.29) is 7.53 Å². The molecule has 7 heavy (non-hydrogen) atoms. The Morgan fingerprint density at radius 2 is 2.43 bits per heavy atom. The van der Waals surface area contributed by atoms with Crippen LogP contribution in [0.3, 0.4) is 0 Å². The molecule has 0 bridgehead atoms. The Bertz CT molecular complexity index is 140. The van der Waals surface area contributed by atoms with Crippen molar-refractivity contribution in [2.75, 3.05) is 0 Å². The molecule has 0 N–H and O–H groups in total. The van der Waals surface area contributed by atoms with Gasteiger partial charge in [-0.3, -0.25) is 0 Å². The van der Waals surface area contributed by atoms with Crippen molar-refractivity contribution in [3.63, 3.8) is 0 Å². The first-order valence-corrected chi connectivity index (χ1v) is 4.90. The summed E-state index contributed by atoms with van der Waals surface area (Å²) in [7, 11) is 0.127. The summed E-state index contributed by atoms with van der Waals surface area (Å²) in [5.41, 5.74) is 0. The maximum atomic E-state index is 2.60. The molecule has 0 spiro atoms. The van der Waals surface area contributed by atoms with Crippen molar-refractivity contribution in [1.82, 2.24) is 0 Å². The summed E-state index contributed by atoms with van der Waals surface area (Å²) in [5.74, 6) is 2.25. The summed E-state index contributed by atoms with van der Waals surface area (Å²) in [6.45, 7) is 2.25. The van der Waals surface area contributed by atoms with Crippen molar-refractivity contribution in [3.05, 3.63) is 17.9 Å². The normalized spacial score (nSPS) is 12.0. The number of aryl methyl sites for hydroxylation is 1. The molecule has 0 saturated heterocycles. The van der Waals surface area contributed by atoms with Crippen LogP contribution in [-0.4, -0.2) is 16.9 Å². The Balaban J connectivity index is 3.12. The first-order chi connectivity index (χ1) is 3.30. The van der Waals surface area contributed by atoms with Gasteiger partial charge >= 0.3 is 53.1 Å². The van der Waals surface area contributed by atoms with Gasteiger partial charge in [-0.15, -0.1) is 0 Å². The molecule has 1 rings (SSSR count). The second kappa shape index (κ2) is 2.07. The zero-order valence-electron chi connectivity index (χ0n) is 4.13. The van der Waals surface area contributed by atoms with Crippen LogP contribution in [-0.2, 0) is 6.66 Å². The Hall–Kier alpha value is 0.338. The second-order valence-electron chi connectivity index (χ2n) is 1.48. The van der Waals surface area contributed by atoms with Crippen LogP contribution in [0.25, 0.3) is 0 Å². The molecule has 1 unspecified atom stereocenters. The molecular formula is C5H6AsP. The van der Waals surface area contributed by atoms with Gasteiger partial charge in [-0.1, -0.05) is 0 Å². The van der Waals surface area contributed by atoms with Crippen molar-refractivity contribution in [2.45, 2.75) is 0 Å². The summed E-state index contributed by atoms with van der Waals surface area (Å²) in [6.07, 6.45) is 0. The van der Waals surface area contributed by atoms with Gasteiger partial charge in [-0.05, 0) is 0 Å².